The molecule has 1 spiro atoms. The average Bonchev–Trinajstić information content (AvgIpc) is 2.77. The molecule has 156 valence electrons. The molecule has 2 unspecified atom stereocenters. The monoisotopic (exact) mass is 408 g/mol. The van der Waals surface area contributed by atoms with Gasteiger partial charge in [-0.25, -0.2) is 24.1 Å². The molecule has 4 rings (SSSR count). The molecule has 4 aliphatic rings. The van der Waals surface area contributed by atoms with Gasteiger partial charge in [0.2, 0.25) is 0 Å². The van der Waals surface area contributed by atoms with E-state index < -0.39 is 47.8 Å². The zero-order valence-corrected chi connectivity index (χ0v) is 15.4. The van der Waals surface area contributed by atoms with Crippen LogP contribution in [-0.2, 0) is 38.1 Å². The number of carbonyl (C=O) groups excluding carboxylic acids is 4. The lowest BCUT2D eigenvalue weighted by Crippen LogP contribution is -2.73. The fourth-order valence-electron chi connectivity index (χ4n) is 4.22. The highest BCUT2D eigenvalue weighted by molar-refractivity contribution is 5.94. The molecule has 1 aliphatic carbocycles. The lowest BCUT2D eigenvalue weighted by atomic mass is 9.94. The van der Waals surface area contributed by atoms with E-state index in [1.165, 1.54) is 4.90 Å². The molecule has 2 fully saturated rings. The summed E-state index contributed by atoms with van der Waals surface area (Å²) in [4.78, 5) is 50.1. The van der Waals surface area contributed by atoms with Crippen LogP contribution in [0.15, 0.2) is 24.3 Å². The van der Waals surface area contributed by atoms with E-state index in [9.17, 15) is 24.3 Å². The van der Waals surface area contributed by atoms with Crippen molar-refractivity contribution in [3.8, 4) is 0 Å². The number of likely N-dealkylation sites (tertiary alicyclic amines) is 1. The highest BCUT2D eigenvalue weighted by Gasteiger charge is 2.82. The fourth-order valence-corrected chi connectivity index (χ4v) is 4.22. The Morgan fingerprint density at radius 2 is 1.31 bits per heavy atom. The molecular weight excluding hydrogens is 388 g/mol. The Morgan fingerprint density at radius 3 is 1.86 bits per heavy atom. The first kappa shape index (κ1) is 19.6. The van der Waals surface area contributed by atoms with Gasteiger partial charge in [-0.05, 0) is 12.8 Å². The summed E-state index contributed by atoms with van der Waals surface area (Å²) in [5.41, 5.74) is 3.83. The number of hydrogen-bond donors (Lipinski definition) is 2. The molecule has 3 heterocycles. The van der Waals surface area contributed by atoms with Crippen molar-refractivity contribution in [2.24, 2.45) is 5.73 Å². The number of ether oxygens (including phenoxy) is 4. The summed E-state index contributed by atoms with van der Waals surface area (Å²) in [6.07, 6.45) is 6.98. The first-order valence-corrected chi connectivity index (χ1v) is 9.25. The van der Waals surface area contributed by atoms with E-state index >= 15 is 0 Å². The zero-order chi connectivity index (χ0) is 20.9. The number of fused-ring (bicyclic) bond motifs is 2. The van der Waals surface area contributed by atoms with Gasteiger partial charge in [0.15, 0.2) is 0 Å². The predicted molar refractivity (Wildman–Crippen MR) is 90.8 cm³/mol. The van der Waals surface area contributed by atoms with Crippen molar-refractivity contribution in [2.75, 3.05) is 6.54 Å². The van der Waals surface area contributed by atoms with Gasteiger partial charge >= 0.3 is 35.6 Å². The van der Waals surface area contributed by atoms with Crippen LogP contribution in [0.25, 0.3) is 0 Å². The van der Waals surface area contributed by atoms with Gasteiger partial charge in [-0.15, -0.1) is 0 Å². The molecular formula is C18H20N2O9. The summed E-state index contributed by atoms with van der Waals surface area (Å²) in [5.74, 6) is -9.90. The second-order valence-corrected chi connectivity index (χ2v) is 7.39. The van der Waals surface area contributed by atoms with Crippen molar-refractivity contribution in [3.63, 3.8) is 0 Å². The zero-order valence-electron chi connectivity index (χ0n) is 15.4. The summed E-state index contributed by atoms with van der Waals surface area (Å²) >= 11 is 0. The summed E-state index contributed by atoms with van der Waals surface area (Å²) in [6, 6.07) is -0.356. The number of hydrogen-bond acceptors (Lipinski definition) is 11. The van der Waals surface area contributed by atoms with E-state index in [-0.39, 0.29) is 6.04 Å². The average molecular weight is 408 g/mol. The van der Waals surface area contributed by atoms with Crippen LogP contribution < -0.4 is 5.73 Å². The molecule has 3 aliphatic heterocycles. The van der Waals surface area contributed by atoms with E-state index in [2.05, 4.69) is 0 Å². The maximum Gasteiger partial charge on any atom is 0.396 e. The minimum atomic E-state index is -3.02. The molecule has 2 atom stereocenters. The highest BCUT2D eigenvalue weighted by atomic mass is 16.8. The minimum absolute atomic E-state index is 0.356. The van der Waals surface area contributed by atoms with Crippen molar-refractivity contribution < 1.29 is 43.2 Å². The van der Waals surface area contributed by atoms with E-state index in [1.807, 2.05) is 0 Å². The molecule has 29 heavy (non-hydrogen) atoms. The van der Waals surface area contributed by atoms with E-state index in [0.717, 1.165) is 43.6 Å². The first-order chi connectivity index (χ1) is 13.7. The number of carbonyl (C=O) groups is 4. The van der Waals surface area contributed by atoms with Gasteiger partial charge in [0.05, 0.1) is 6.54 Å². The van der Waals surface area contributed by atoms with Crippen LogP contribution in [0.4, 0.5) is 0 Å². The summed E-state index contributed by atoms with van der Waals surface area (Å²) in [6.45, 7) is -0.415. The van der Waals surface area contributed by atoms with Crippen molar-refractivity contribution in [1.82, 2.24) is 4.90 Å². The van der Waals surface area contributed by atoms with E-state index in [1.54, 1.807) is 0 Å². The lowest BCUT2D eigenvalue weighted by Gasteiger charge is -2.45. The van der Waals surface area contributed by atoms with Gasteiger partial charge in [-0.2, -0.15) is 0 Å². The number of esters is 4. The molecule has 0 aromatic heterocycles. The SMILES string of the molecule is NC12CN(C3CCCCC3)C3(OC(=O)C=CC(=O)O3)C1(O)OC(=O)/C=C\C(=O)O2. The predicted octanol–water partition coefficient (Wildman–Crippen LogP) is -1.06. The Morgan fingerprint density at radius 1 is 0.828 bits per heavy atom. The molecule has 0 aromatic rings. The molecule has 1 saturated carbocycles. The quantitative estimate of drug-likeness (QED) is 0.403. The van der Waals surface area contributed by atoms with Crippen molar-refractivity contribution in [2.45, 2.75) is 55.6 Å². The lowest BCUT2D eigenvalue weighted by molar-refractivity contribution is -0.410. The molecule has 0 amide bonds. The maximum absolute atomic E-state index is 12.3. The third-order valence-corrected chi connectivity index (χ3v) is 5.52. The van der Waals surface area contributed by atoms with Crippen LogP contribution in [0.5, 0.6) is 0 Å². The van der Waals surface area contributed by atoms with Gasteiger partial charge in [0.1, 0.15) is 0 Å². The molecule has 1 saturated heterocycles. The van der Waals surface area contributed by atoms with Crippen molar-refractivity contribution in [1.29, 1.82) is 0 Å². The molecule has 0 aromatic carbocycles. The van der Waals surface area contributed by atoms with Gasteiger partial charge in [-0.1, -0.05) is 19.3 Å². The Kier molecular flexibility index (Phi) is 4.48. The summed E-state index contributed by atoms with van der Waals surface area (Å²) < 4.78 is 21.0. The third-order valence-electron chi connectivity index (χ3n) is 5.52. The second-order valence-electron chi connectivity index (χ2n) is 7.39. The molecule has 11 nitrogen and oxygen atoms in total. The Labute approximate surface area is 165 Å². The minimum Gasteiger partial charge on any atom is -0.432 e. The number of nitrogens with zero attached hydrogens (tertiary/aromatic N) is 1. The second kappa shape index (κ2) is 6.65. The van der Waals surface area contributed by atoms with Gasteiger partial charge in [-0.3, -0.25) is 5.73 Å². The molecule has 11 heteroatoms. The number of rotatable bonds is 1. The van der Waals surface area contributed by atoms with Gasteiger partial charge in [0, 0.05) is 30.3 Å². The van der Waals surface area contributed by atoms with Gasteiger partial charge < -0.3 is 24.1 Å². The summed E-state index contributed by atoms with van der Waals surface area (Å²) in [7, 11) is 0. The normalized spacial score (nSPS) is 36.2. The van der Waals surface area contributed by atoms with Gasteiger partial charge in [0.25, 0.3) is 5.72 Å². The largest absolute Gasteiger partial charge is 0.432 e. The van der Waals surface area contributed by atoms with Crippen LogP contribution in [0.1, 0.15) is 32.1 Å². The Hall–Kier alpha value is -2.76. The molecule has 3 N–H and O–H groups in total. The van der Waals surface area contributed by atoms with E-state index in [0.29, 0.717) is 12.8 Å². The topological polar surface area (TPSA) is 155 Å². The summed E-state index contributed by atoms with van der Waals surface area (Å²) in [5, 5.41) is 11.5. The van der Waals surface area contributed by atoms with Crippen molar-refractivity contribution in [3.05, 3.63) is 24.3 Å². The van der Waals surface area contributed by atoms with Crippen LogP contribution in [-0.4, -0.2) is 63.9 Å². The number of aliphatic hydroxyl groups is 1. The smallest absolute Gasteiger partial charge is 0.396 e. The number of nitrogens with two attached hydrogens (primary N) is 1. The Bertz CT molecular complexity index is 811. The van der Waals surface area contributed by atoms with E-state index in [4.69, 9.17) is 24.7 Å². The highest BCUT2D eigenvalue weighted by Crippen LogP contribution is 2.50. The fraction of sp³-hybridized carbons (Fsp3) is 0.556. The Balaban J connectivity index is 1.89. The molecule has 0 bridgehead atoms. The van der Waals surface area contributed by atoms with Crippen LogP contribution in [0, 0.1) is 0 Å². The standard InChI is InChI=1S/C18H20N2O9/c19-16-10-20(11-4-2-1-3-5-11)18(28-14(23)8-9-15(24)29-18)17(16,25)27-13(22)7-6-12(21)26-16/h6-9,11,25H,1-5,10,19H2/b7-6-. The van der Waals surface area contributed by atoms with Crippen LogP contribution in [0.2, 0.25) is 0 Å². The van der Waals surface area contributed by atoms with Crippen molar-refractivity contribution >= 4 is 23.9 Å². The molecule has 0 radical (unpaired) electrons. The van der Waals surface area contributed by atoms with Crippen LogP contribution in [0.3, 0.4) is 0 Å². The maximum atomic E-state index is 12.3. The first-order valence-electron chi connectivity index (χ1n) is 9.25. The third kappa shape index (κ3) is 2.93. The van der Waals surface area contributed by atoms with Crippen LogP contribution >= 0.6 is 0 Å².